The number of allylic oxidation sites excluding steroid dienone is 4. The molecule has 1 unspecified atom stereocenters. The lowest BCUT2D eigenvalue weighted by Gasteiger charge is -2.32. The molecule has 0 saturated carbocycles. The number of aliphatic hydroxyl groups is 1. The SMILES string of the molecule is C=C/C(=C\C=C/C)C(CC)(CO)CCCC.CC. The maximum absolute atomic E-state index is 9.69. The van der Waals surface area contributed by atoms with E-state index in [4.69, 9.17) is 0 Å². The molecule has 0 aliphatic carbocycles. The van der Waals surface area contributed by atoms with Crippen molar-refractivity contribution in [3.8, 4) is 0 Å². The summed E-state index contributed by atoms with van der Waals surface area (Å²) >= 11 is 0. The lowest BCUT2D eigenvalue weighted by Crippen LogP contribution is -2.26. The molecule has 0 aliphatic rings. The van der Waals surface area contributed by atoms with Gasteiger partial charge in [-0.05, 0) is 25.3 Å². The molecule has 0 aromatic rings. The summed E-state index contributed by atoms with van der Waals surface area (Å²) in [5, 5.41) is 9.69. The Bertz CT molecular complexity index is 244. The van der Waals surface area contributed by atoms with Crippen LogP contribution in [0.4, 0.5) is 0 Å². The minimum atomic E-state index is -0.0999. The van der Waals surface area contributed by atoms with Crippen molar-refractivity contribution in [3.05, 3.63) is 36.5 Å². The Morgan fingerprint density at radius 1 is 1.28 bits per heavy atom. The summed E-state index contributed by atoms with van der Waals surface area (Å²) in [6.45, 7) is 14.4. The number of rotatable bonds is 8. The highest BCUT2D eigenvalue weighted by molar-refractivity contribution is 5.29. The average molecular weight is 252 g/mol. The summed E-state index contributed by atoms with van der Waals surface area (Å²) < 4.78 is 0. The molecule has 1 atom stereocenters. The Labute approximate surface area is 114 Å². The van der Waals surface area contributed by atoms with Crippen molar-refractivity contribution in [2.24, 2.45) is 5.41 Å². The number of unbranched alkanes of at least 4 members (excludes halogenated alkanes) is 1. The van der Waals surface area contributed by atoms with E-state index >= 15 is 0 Å². The maximum Gasteiger partial charge on any atom is 0.0527 e. The van der Waals surface area contributed by atoms with Gasteiger partial charge in [0, 0.05) is 5.41 Å². The first-order chi connectivity index (χ1) is 8.70. The predicted molar refractivity (Wildman–Crippen MR) is 83.8 cm³/mol. The van der Waals surface area contributed by atoms with Crippen LogP contribution < -0.4 is 0 Å². The number of hydrogen-bond acceptors (Lipinski definition) is 1. The molecule has 0 amide bonds. The van der Waals surface area contributed by atoms with Gasteiger partial charge in [-0.1, -0.05) is 71.4 Å². The van der Waals surface area contributed by atoms with E-state index in [1.807, 2.05) is 39.0 Å². The second kappa shape index (κ2) is 12.6. The Kier molecular flexibility index (Phi) is 13.7. The van der Waals surface area contributed by atoms with Gasteiger partial charge in [-0.25, -0.2) is 0 Å². The fourth-order valence-corrected chi connectivity index (χ4v) is 1.98. The molecule has 0 rings (SSSR count). The van der Waals surface area contributed by atoms with Crippen LogP contribution in [0, 0.1) is 5.41 Å². The molecule has 1 heteroatoms. The second-order valence-electron chi connectivity index (χ2n) is 4.25. The minimum Gasteiger partial charge on any atom is -0.395 e. The van der Waals surface area contributed by atoms with Crippen LogP contribution in [0.5, 0.6) is 0 Å². The molecule has 0 saturated heterocycles. The first-order valence-electron chi connectivity index (χ1n) is 7.27. The van der Waals surface area contributed by atoms with Crippen molar-refractivity contribution in [3.63, 3.8) is 0 Å². The van der Waals surface area contributed by atoms with Crippen LogP contribution in [-0.2, 0) is 0 Å². The average Bonchev–Trinajstić information content (AvgIpc) is 2.45. The molecule has 0 aliphatic heterocycles. The quantitative estimate of drug-likeness (QED) is 0.583. The summed E-state index contributed by atoms with van der Waals surface area (Å²) in [6.07, 6.45) is 12.3. The van der Waals surface area contributed by atoms with Crippen molar-refractivity contribution < 1.29 is 5.11 Å². The molecule has 18 heavy (non-hydrogen) atoms. The Hall–Kier alpha value is -0.820. The van der Waals surface area contributed by atoms with Gasteiger partial charge in [0.1, 0.15) is 0 Å². The summed E-state index contributed by atoms with van der Waals surface area (Å²) in [6, 6.07) is 0. The zero-order valence-corrected chi connectivity index (χ0v) is 13.0. The molecule has 0 aromatic carbocycles. The molecule has 1 N–H and O–H groups in total. The van der Waals surface area contributed by atoms with Crippen LogP contribution in [0.2, 0.25) is 0 Å². The third-order valence-corrected chi connectivity index (χ3v) is 3.29. The lowest BCUT2D eigenvalue weighted by atomic mass is 9.74. The van der Waals surface area contributed by atoms with Gasteiger partial charge in [-0.15, -0.1) is 0 Å². The molecular formula is C17H32O. The summed E-state index contributed by atoms with van der Waals surface area (Å²) in [7, 11) is 0. The zero-order chi connectivity index (χ0) is 14.4. The van der Waals surface area contributed by atoms with Crippen molar-refractivity contribution >= 4 is 0 Å². The highest BCUT2D eigenvalue weighted by atomic mass is 16.3. The lowest BCUT2D eigenvalue weighted by molar-refractivity contribution is 0.144. The summed E-state index contributed by atoms with van der Waals surface area (Å²) in [4.78, 5) is 0. The van der Waals surface area contributed by atoms with Crippen LogP contribution in [0.3, 0.4) is 0 Å². The van der Waals surface area contributed by atoms with E-state index < -0.39 is 0 Å². The number of aliphatic hydroxyl groups excluding tert-OH is 1. The van der Waals surface area contributed by atoms with Crippen LogP contribution >= 0.6 is 0 Å². The first kappa shape index (κ1) is 19.5. The molecule has 1 nitrogen and oxygen atoms in total. The van der Waals surface area contributed by atoms with E-state index in [1.54, 1.807) is 0 Å². The van der Waals surface area contributed by atoms with Gasteiger partial charge >= 0.3 is 0 Å². The van der Waals surface area contributed by atoms with Gasteiger partial charge in [0.25, 0.3) is 0 Å². The van der Waals surface area contributed by atoms with Gasteiger partial charge < -0.3 is 5.11 Å². The third kappa shape index (κ3) is 6.20. The van der Waals surface area contributed by atoms with E-state index in [0.717, 1.165) is 31.3 Å². The monoisotopic (exact) mass is 252 g/mol. The fourth-order valence-electron chi connectivity index (χ4n) is 1.98. The van der Waals surface area contributed by atoms with Gasteiger partial charge in [-0.2, -0.15) is 0 Å². The first-order valence-corrected chi connectivity index (χ1v) is 7.27. The number of hydrogen-bond donors (Lipinski definition) is 1. The van der Waals surface area contributed by atoms with Crippen LogP contribution in [0.15, 0.2) is 36.5 Å². The molecule has 0 fully saturated rings. The summed E-state index contributed by atoms with van der Waals surface area (Å²) in [5.74, 6) is 0. The van der Waals surface area contributed by atoms with E-state index in [0.29, 0.717) is 0 Å². The van der Waals surface area contributed by atoms with Crippen LogP contribution in [0.1, 0.15) is 60.3 Å². The van der Waals surface area contributed by atoms with E-state index in [9.17, 15) is 5.11 Å². The Morgan fingerprint density at radius 3 is 2.22 bits per heavy atom. The predicted octanol–water partition coefficient (Wildman–Crippen LogP) is 5.28. The van der Waals surface area contributed by atoms with Gasteiger partial charge in [0.2, 0.25) is 0 Å². The van der Waals surface area contributed by atoms with E-state index in [2.05, 4.69) is 26.5 Å². The van der Waals surface area contributed by atoms with Crippen molar-refractivity contribution in [2.75, 3.05) is 6.61 Å². The van der Waals surface area contributed by atoms with E-state index in [-0.39, 0.29) is 12.0 Å². The minimum absolute atomic E-state index is 0.0999. The summed E-state index contributed by atoms with van der Waals surface area (Å²) in [5.41, 5.74) is 1.06. The highest BCUT2D eigenvalue weighted by Crippen LogP contribution is 2.37. The van der Waals surface area contributed by atoms with Crippen LogP contribution in [0.25, 0.3) is 0 Å². The van der Waals surface area contributed by atoms with Gasteiger partial charge in [0.05, 0.1) is 6.61 Å². The standard InChI is InChI=1S/C15H26O.C2H6/c1-5-9-11-14(7-3)15(8-4,13-16)12-10-6-2;1-2/h5,7,9,11,16H,3,6,8,10,12-13H2,1-2,4H3;1-2H3/b9-5-,14-11+;. The van der Waals surface area contributed by atoms with Crippen molar-refractivity contribution in [2.45, 2.75) is 60.3 Å². The van der Waals surface area contributed by atoms with Crippen molar-refractivity contribution in [1.82, 2.24) is 0 Å². The van der Waals surface area contributed by atoms with Gasteiger partial charge in [-0.3, -0.25) is 0 Å². The maximum atomic E-state index is 9.69. The van der Waals surface area contributed by atoms with E-state index in [1.165, 1.54) is 0 Å². The molecule has 0 heterocycles. The molecule has 106 valence electrons. The highest BCUT2D eigenvalue weighted by Gasteiger charge is 2.29. The van der Waals surface area contributed by atoms with Gasteiger partial charge in [0.15, 0.2) is 0 Å². The fraction of sp³-hybridized carbons (Fsp3) is 0.647. The smallest absolute Gasteiger partial charge is 0.0527 e. The van der Waals surface area contributed by atoms with Crippen LogP contribution in [-0.4, -0.2) is 11.7 Å². The van der Waals surface area contributed by atoms with Crippen molar-refractivity contribution in [1.29, 1.82) is 0 Å². The Balaban J connectivity index is 0. The molecule has 0 aromatic heterocycles. The topological polar surface area (TPSA) is 20.2 Å². The zero-order valence-electron chi connectivity index (χ0n) is 13.0. The largest absolute Gasteiger partial charge is 0.395 e. The second-order valence-corrected chi connectivity index (χ2v) is 4.25. The molecular weight excluding hydrogens is 220 g/mol. The molecule has 0 spiro atoms. The molecule has 0 bridgehead atoms. The Morgan fingerprint density at radius 2 is 1.89 bits per heavy atom. The third-order valence-electron chi connectivity index (χ3n) is 3.29. The normalized spacial score (nSPS) is 14.9. The molecule has 0 radical (unpaired) electrons.